The number of hydrogen-bond acceptors (Lipinski definition) is 4. The van der Waals surface area contributed by atoms with Crippen LogP contribution in [0.1, 0.15) is 25.8 Å². The molecule has 2 aromatic heterocycles. The van der Waals surface area contributed by atoms with Gasteiger partial charge in [-0.1, -0.05) is 0 Å². The summed E-state index contributed by atoms with van der Waals surface area (Å²) in [6.07, 6.45) is 0. The molecule has 6 heteroatoms. The molecule has 1 N–H and O–H groups in total. The molecule has 2 aromatic rings. The van der Waals surface area contributed by atoms with E-state index in [-0.39, 0.29) is 5.91 Å². The van der Waals surface area contributed by atoms with Crippen LogP contribution in [-0.2, 0) is 5.88 Å². The van der Waals surface area contributed by atoms with Crippen molar-refractivity contribution in [2.75, 3.05) is 5.32 Å². The van der Waals surface area contributed by atoms with Crippen LogP contribution in [-0.4, -0.2) is 10.9 Å². The van der Waals surface area contributed by atoms with E-state index in [0.717, 1.165) is 16.1 Å². The first-order valence-corrected chi connectivity index (χ1v) is 7.22. The summed E-state index contributed by atoms with van der Waals surface area (Å²) in [6, 6.07) is 1.89. The number of nitrogens with one attached hydrogen (secondary N) is 1. The highest BCUT2D eigenvalue weighted by Crippen LogP contribution is 2.23. The van der Waals surface area contributed by atoms with Gasteiger partial charge in [-0.15, -0.1) is 34.3 Å². The van der Waals surface area contributed by atoms with Crippen LogP contribution in [0.25, 0.3) is 0 Å². The van der Waals surface area contributed by atoms with Gasteiger partial charge >= 0.3 is 0 Å². The second-order valence-electron chi connectivity index (χ2n) is 3.58. The Morgan fingerprint density at radius 1 is 1.53 bits per heavy atom. The molecule has 1 amide bonds. The van der Waals surface area contributed by atoms with Crippen LogP contribution in [0.15, 0.2) is 11.4 Å². The smallest absolute Gasteiger partial charge is 0.267 e. The van der Waals surface area contributed by atoms with Crippen LogP contribution in [0.3, 0.4) is 0 Å². The fourth-order valence-electron chi connectivity index (χ4n) is 1.27. The van der Waals surface area contributed by atoms with E-state index in [1.165, 1.54) is 22.7 Å². The molecular formula is C11H11ClN2OS2. The highest BCUT2D eigenvalue weighted by Gasteiger charge is 2.12. The Hall–Kier alpha value is -0.910. The van der Waals surface area contributed by atoms with Crippen molar-refractivity contribution < 1.29 is 4.79 Å². The molecule has 0 spiro atoms. The predicted molar refractivity (Wildman–Crippen MR) is 73.4 cm³/mol. The van der Waals surface area contributed by atoms with Gasteiger partial charge in [0.15, 0.2) is 5.13 Å². The summed E-state index contributed by atoms with van der Waals surface area (Å²) in [5.41, 5.74) is 1.92. The summed E-state index contributed by atoms with van der Waals surface area (Å²) in [4.78, 5) is 18.0. The Morgan fingerprint density at radius 2 is 2.29 bits per heavy atom. The molecule has 0 saturated heterocycles. The molecule has 0 saturated carbocycles. The van der Waals surface area contributed by atoms with Crippen LogP contribution in [0.5, 0.6) is 0 Å². The Labute approximate surface area is 112 Å². The fraction of sp³-hybridized carbons (Fsp3) is 0.273. The summed E-state index contributed by atoms with van der Waals surface area (Å²) < 4.78 is 0. The minimum Gasteiger partial charge on any atom is -0.297 e. The van der Waals surface area contributed by atoms with E-state index in [0.29, 0.717) is 15.9 Å². The summed E-state index contributed by atoms with van der Waals surface area (Å²) in [5, 5.41) is 5.21. The van der Waals surface area contributed by atoms with E-state index in [9.17, 15) is 4.79 Å². The van der Waals surface area contributed by atoms with Crippen LogP contribution in [0, 0.1) is 13.8 Å². The maximum Gasteiger partial charge on any atom is 0.267 e. The lowest BCUT2D eigenvalue weighted by Crippen LogP contribution is -2.09. The van der Waals surface area contributed by atoms with Gasteiger partial charge in [0, 0.05) is 10.3 Å². The molecule has 2 heterocycles. The molecule has 0 bridgehead atoms. The number of aromatic nitrogens is 1. The van der Waals surface area contributed by atoms with Crippen LogP contribution in [0.2, 0.25) is 0 Å². The second-order valence-corrected chi connectivity index (χ2v) is 5.96. The number of rotatable bonds is 3. The molecule has 0 fully saturated rings. The molecule has 3 nitrogen and oxygen atoms in total. The Kier molecular flexibility index (Phi) is 3.81. The van der Waals surface area contributed by atoms with E-state index >= 15 is 0 Å². The monoisotopic (exact) mass is 286 g/mol. The largest absolute Gasteiger partial charge is 0.297 e. The Balaban J connectivity index is 2.11. The molecular weight excluding hydrogens is 276 g/mol. The predicted octanol–water partition coefficient (Wildman–Crippen LogP) is 3.81. The lowest BCUT2D eigenvalue weighted by Gasteiger charge is -1.97. The topological polar surface area (TPSA) is 42.0 Å². The van der Waals surface area contributed by atoms with Crippen molar-refractivity contribution in [1.82, 2.24) is 4.98 Å². The van der Waals surface area contributed by atoms with Crippen molar-refractivity contribution in [2.45, 2.75) is 19.7 Å². The molecule has 0 aliphatic heterocycles. The van der Waals surface area contributed by atoms with Crippen molar-refractivity contribution in [3.05, 3.63) is 32.5 Å². The van der Waals surface area contributed by atoms with E-state index in [4.69, 9.17) is 11.6 Å². The standard InChI is InChI=1S/C11H11ClN2OS2/c1-6-3-9(17-7(6)2)10(15)14-11-13-8(4-12)5-16-11/h3,5H,4H2,1-2H3,(H,13,14,15). The average Bonchev–Trinajstić information content (AvgIpc) is 2.87. The molecule has 0 unspecified atom stereocenters. The highest BCUT2D eigenvalue weighted by atomic mass is 35.5. The maximum absolute atomic E-state index is 11.9. The van der Waals surface area contributed by atoms with E-state index in [1.54, 1.807) is 0 Å². The van der Waals surface area contributed by atoms with Gasteiger partial charge in [0.25, 0.3) is 5.91 Å². The van der Waals surface area contributed by atoms with Crippen LogP contribution >= 0.6 is 34.3 Å². The quantitative estimate of drug-likeness (QED) is 0.872. The average molecular weight is 287 g/mol. The summed E-state index contributed by atoms with van der Waals surface area (Å²) in [5.74, 6) is 0.255. The molecule has 0 aromatic carbocycles. The van der Waals surface area contributed by atoms with Gasteiger partial charge in [-0.05, 0) is 25.5 Å². The Morgan fingerprint density at radius 3 is 2.82 bits per heavy atom. The number of nitrogens with zero attached hydrogens (tertiary/aromatic N) is 1. The van der Waals surface area contributed by atoms with Crippen molar-refractivity contribution in [3.63, 3.8) is 0 Å². The molecule has 0 aliphatic carbocycles. The second kappa shape index (κ2) is 5.16. The zero-order valence-electron chi connectivity index (χ0n) is 9.41. The normalized spacial score (nSPS) is 10.5. The van der Waals surface area contributed by atoms with Gasteiger partial charge in [-0.3, -0.25) is 10.1 Å². The zero-order valence-corrected chi connectivity index (χ0v) is 11.8. The van der Waals surface area contributed by atoms with E-state index in [2.05, 4.69) is 10.3 Å². The summed E-state index contributed by atoms with van der Waals surface area (Å²) in [7, 11) is 0. The molecule has 90 valence electrons. The number of carbonyl (C=O) groups excluding carboxylic acids is 1. The molecule has 17 heavy (non-hydrogen) atoms. The number of aryl methyl sites for hydroxylation is 2. The number of carbonyl (C=O) groups is 1. The lowest BCUT2D eigenvalue weighted by molar-refractivity contribution is 0.103. The number of anilines is 1. The molecule has 0 atom stereocenters. The van der Waals surface area contributed by atoms with Gasteiger partial charge in [-0.25, -0.2) is 4.98 Å². The lowest BCUT2D eigenvalue weighted by atomic mass is 10.3. The van der Waals surface area contributed by atoms with Crippen LogP contribution < -0.4 is 5.32 Å². The number of thiophene rings is 1. The third kappa shape index (κ3) is 2.86. The van der Waals surface area contributed by atoms with Crippen molar-refractivity contribution in [2.24, 2.45) is 0 Å². The van der Waals surface area contributed by atoms with Gasteiger partial charge in [0.2, 0.25) is 0 Å². The third-order valence-corrected chi connectivity index (χ3v) is 4.53. The number of halogens is 1. The SMILES string of the molecule is Cc1cc(C(=O)Nc2nc(CCl)cs2)sc1C. The minimum absolute atomic E-state index is 0.110. The van der Waals surface area contributed by atoms with E-state index < -0.39 is 0 Å². The minimum atomic E-state index is -0.110. The van der Waals surface area contributed by atoms with Gasteiger partial charge < -0.3 is 0 Å². The van der Waals surface area contributed by atoms with Crippen molar-refractivity contribution in [3.8, 4) is 0 Å². The Bertz CT molecular complexity index is 528. The number of thiazole rings is 1. The fourth-order valence-corrected chi connectivity index (χ4v) is 3.13. The van der Waals surface area contributed by atoms with Gasteiger partial charge in [0.1, 0.15) is 0 Å². The number of alkyl halides is 1. The maximum atomic E-state index is 11.9. The molecule has 0 radical (unpaired) electrons. The van der Waals surface area contributed by atoms with Gasteiger partial charge in [0.05, 0.1) is 16.5 Å². The van der Waals surface area contributed by atoms with Gasteiger partial charge in [-0.2, -0.15) is 0 Å². The first-order valence-electron chi connectivity index (χ1n) is 4.99. The first-order chi connectivity index (χ1) is 8.10. The highest BCUT2D eigenvalue weighted by molar-refractivity contribution is 7.15. The van der Waals surface area contributed by atoms with Crippen LogP contribution in [0.4, 0.5) is 5.13 Å². The van der Waals surface area contributed by atoms with Crippen molar-refractivity contribution >= 4 is 45.3 Å². The summed E-state index contributed by atoms with van der Waals surface area (Å²) in [6.45, 7) is 4.00. The van der Waals surface area contributed by atoms with Crippen molar-refractivity contribution in [1.29, 1.82) is 0 Å². The molecule has 0 aliphatic rings. The first kappa shape index (κ1) is 12.5. The molecule has 2 rings (SSSR count). The number of amides is 1. The van der Waals surface area contributed by atoms with E-state index in [1.807, 2.05) is 25.3 Å². The summed E-state index contributed by atoms with van der Waals surface area (Å²) >= 11 is 8.53. The zero-order chi connectivity index (χ0) is 12.4. The number of hydrogen-bond donors (Lipinski definition) is 1. The third-order valence-electron chi connectivity index (χ3n) is 2.30.